The Kier molecular flexibility index (Phi) is 6.10. The molecule has 0 bridgehead atoms. The fourth-order valence-electron chi connectivity index (χ4n) is 4.64. The first-order valence-electron chi connectivity index (χ1n) is 10.8. The van der Waals surface area contributed by atoms with Crippen LogP contribution in [0.3, 0.4) is 0 Å². The van der Waals surface area contributed by atoms with Gasteiger partial charge in [0.2, 0.25) is 0 Å². The molecule has 0 amide bonds. The number of ether oxygens (including phenoxy) is 2. The van der Waals surface area contributed by atoms with Crippen LogP contribution < -0.4 is 9.47 Å². The SMILES string of the molecule is CCCCCCN1CCc2c([nH]c3ccccc23)C1c1cc(OC)cc(OC)c1. The van der Waals surface area contributed by atoms with Gasteiger partial charge in [-0.2, -0.15) is 0 Å². The number of hydrogen-bond acceptors (Lipinski definition) is 3. The number of para-hydroxylation sites is 1. The average molecular weight is 393 g/mol. The number of benzene rings is 2. The minimum absolute atomic E-state index is 0.191. The monoisotopic (exact) mass is 392 g/mol. The summed E-state index contributed by atoms with van der Waals surface area (Å²) in [5.74, 6) is 1.68. The van der Waals surface area contributed by atoms with Crippen LogP contribution in [0.2, 0.25) is 0 Å². The van der Waals surface area contributed by atoms with E-state index in [4.69, 9.17) is 9.47 Å². The molecule has 0 radical (unpaired) electrons. The van der Waals surface area contributed by atoms with Crippen LogP contribution in [0.1, 0.15) is 55.5 Å². The fourth-order valence-corrected chi connectivity index (χ4v) is 4.64. The molecular formula is C25H32N2O2. The molecule has 1 atom stereocenters. The average Bonchev–Trinajstić information content (AvgIpc) is 3.14. The Morgan fingerprint density at radius 3 is 2.48 bits per heavy atom. The molecule has 1 N–H and O–H groups in total. The number of aromatic nitrogens is 1. The summed E-state index contributed by atoms with van der Waals surface area (Å²) in [6.45, 7) is 4.45. The Morgan fingerprint density at radius 2 is 1.76 bits per heavy atom. The van der Waals surface area contributed by atoms with Gasteiger partial charge in [0.1, 0.15) is 11.5 Å². The zero-order valence-electron chi connectivity index (χ0n) is 17.8. The van der Waals surface area contributed by atoms with Crippen molar-refractivity contribution < 1.29 is 9.47 Å². The summed E-state index contributed by atoms with van der Waals surface area (Å²) in [6.07, 6.45) is 6.19. The highest BCUT2D eigenvalue weighted by molar-refractivity contribution is 5.85. The molecule has 0 fully saturated rings. The maximum atomic E-state index is 5.57. The van der Waals surface area contributed by atoms with Gasteiger partial charge in [0.05, 0.1) is 20.3 Å². The molecule has 4 heteroatoms. The van der Waals surface area contributed by atoms with Gasteiger partial charge in [0, 0.05) is 29.2 Å². The normalized spacial score (nSPS) is 16.7. The summed E-state index contributed by atoms with van der Waals surface area (Å²) in [6, 6.07) is 15.1. The third-order valence-corrected chi connectivity index (χ3v) is 6.12. The lowest BCUT2D eigenvalue weighted by molar-refractivity contribution is 0.205. The Bertz CT molecular complexity index is 940. The summed E-state index contributed by atoms with van der Waals surface area (Å²) < 4.78 is 11.1. The quantitative estimate of drug-likeness (QED) is 0.499. The molecule has 29 heavy (non-hydrogen) atoms. The van der Waals surface area contributed by atoms with Gasteiger partial charge in [-0.05, 0) is 48.7 Å². The van der Waals surface area contributed by atoms with E-state index in [0.717, 1.165) is 31.0 Å². The Hall–Kier alpha value is -2.46. The van der Waals surface area contributed by atoms with Gasteiger partial charge in [0.15, 0.2) is 0 Å². The van der Waals surface area contributed by atoms with Crippen LogP contribution in [0.15, 0.2) is 42.5 Å². The second kappa shape index (κ2) is 8.91. The van der Waals surface area contributed by atoms with Crippen molar-refractivity contribution in [3.05, 3.63) is 59.3 Å². The lowest BCUT2D eigenvalue weighted by Crippen LogP contribution is -2.36. The summed E-state index contributed by atoms with van der Waals surface area (Å²) in [5.41, 5.74) is 5.23. The molecule has 2 heterocycles. The number of unbranched alkanes of at least 4 members (excludes halogenated alkanes) is 3. The van der Waals surface area contributed by atoms with Crippen molar-refractivity contribution in [3.63, 3.8) is 0 Å². The van der Waals surface area contributed by atoms with E-state index in [0.29, 0.717) is 0 Å². The minimum atomic E-state index is 0.191. The Balaban J connectivity index is 1.77. The highest BCUT2D eigenvalue weighted by Crippen LogP contribution is 2.40. The van der Waals surface area contributed by atoms with E-state index in [1.807, 2.05) is 6.07 Å². The number of methoxy groups -OCH3 is 2. The molecule has 4 rings (SSSR count). The molecule has 0 saturated heterocycles. The van der Waals surface area contributed by atoms with E-state index >= 15 is 0 Å². The van der Waals surface area contributed by atoms with Gasteiger partial charge in [-0.15, -0.1) is 0 Å². The molecule has 1 unspecified atom stereocenters. The van der Waals surface area contributed by atoms with Gasteiger partial charge in [0.25, 0.3) is 0 Å². The first kappa shape index (κ1) is 19.8. The number of hydrogen-bond donors (Lipinski definition) is 1. The second-order valence-corrected chi connectivity index (χ2v) is 7.96. The van der Waals surface area contributed by atoms with Crippen molar-refractivity contribution in [1.82, 2.24) is 9.88 Å². The van der Waals surface area contributed by atoms with Gasteiger partial charge in [-0.1, -0.05) is 44.4 Å². The summed E-state index contributed by atoms with van der Waals surface area (Å²) in [7, 11) is 3.44. The number of fused-ring (bicyclic) bond motifs is 3. The number of nitrogens with zero attached hydrogens (tertiary/aromatic N) is 1. The van der Waals surface area contributed by atoms with Crippen LogP contribution in [0, 0.1) is 0 Å². The predicted octanol–water partition coefficient (Wildman–Crippen LogP) is 5.71. The van der Waals surface area contributed by atoms with E-state index in [2.05, 4.69) is 53.2 Å². The molecule has 4 nitrogen and oxygen atoms in total. The third-order valence-electron chi connectivity index (χ3n) is 6.12. The topological polar surface area (TPSA) is 37.5 Å². The van der Waals surface area contributed by atoms with E-state index < -0.39 is 0 Å². The van der Waals surface area contributed by atoms with Crippen LogP contribution in [0.4, 0.5) is 0 Å². The molecule has 1 aliphatic heterocycles. The van der Waals surface area contributed by atoms with Crippen molar-refractivity contribution in [1.29, 1.82) is 0 Å². The molecule has 1 aromatic heterocycles. The summed E-state index contributed by atoms with van der Waals surface area (Å²) in [4.78, 5) is 6.37. The minimum Gasteiger partial charge on any atom is -0.497 e. The molecule has 0 spiro atoms. The van der Waals surface area contributed by atoms with Crippen molar-refractivity contribution in [2.75, 3.05) is 27.3 Å². The summed E-state index contributed by atoms with van der Waals surface area (Å²) >= 11 is 0. The smallest absolute Gasteiger partial charge is 0.122 e. The second-order valence-electron chi connectivity index (χ2n) is 7.96. The van der Waals surface area contributed by atoms with Gasteiger partial charge >= 0.3 is 0 Å². The van der Waals surface area contributed by atoms with Gasteiger partial charge in [-0.3, -0.25) is 4.90 Å². The molecule has 0 aliphatic carbocycles. The molecular weight excluding hydrogens is 360 g/mol. The Labute approximate surface area is 173 Å². The highest BCUT2D eigenvalue weighted by atomic mass is 16.5. The lowest BCUT2D eigenvalue weighted by Gasteiger charge is -2.36. The van der Waals surface area contributed by atoms with Crippen molar-refractivity contribution in [2.24, 2.45) is 0 Å². The van der Waals surface area contributed by atoms with Crippen LogP contribution in [-0.2, 0) is 6.42 Å². The summed E-state index contributed by atoms with van der Waals surface area (Å²) in [5, 5.41) is 1.35. The molecule has 1 aliphatic rings. The van der Waals surface area contributed by atoms with Crippen LogP contribution in [-0.4, -0.2) is 37.2 Å². The zero-order valence-corrected chi connectivity index (χ0v) is 17.8. The van der Waals surface area contributed by atoms with Crippen LogP contribution in [0.25, 0.3) is 10.9 Å². The predicted molar refractivity (Wildman–Crippen MR) is 119 cm³/mol. The van der Waals surface area contributed by atoms with Crippen LogP contribution in [0.5, 0.6) is 11.5 Å². The van der Waals surface area contributed by atoms with Crippen molar-refractivity contribution in [2.45, 2.75) is 45.1 Å². The Morgan fingerprint density at radius 1 is 1.00 bits per heavy atom. The molecule has 154 valence electrons. The van der Waals surface area contributed by atoms with E-state index in [9.17, 15) is 0 Å². The standard InChI is InChI=1S/C25H32N2O2/c1-4-5-6-9-13-27-14-12-22-21-10-7-8-11-23(21)26-24(22)25(27)18-15-19(28-2)17-20(16-18)29-3/h7-8,10-11,15-17,25-26H,4-6,9,12-14H2,1-3H3. The molecule has 3 aromatic rings. The number of rotatable bonds is 8. The zero-order chi connectivity index (χ0) is 20.2. The maximum absolute atomic E-state index is 5.57. The number of nitrogens with one attached hydrogen (secondary N) is 1. The fraction of sp³-hybridized carbons (Fsp3) is 0.440. The van der Waals surface area contributed by atoms with Crippen molar-refractivity contribution in [3.8, 4) is 11.5 Å². The van der Waals surface area contributed by atoms with E-state index in [1.54, 1.807) is 14.2 Å². The molecule has 2 aromatic carbocycles. The first-order chi connectivity index (χ1) is 14.2. The first-order valence-corrected chi connectivity index (χ1v) is 10.8. The highest BCUT2D eigenvalue weighted by Gasteiger charge is 2.31. The van der Waals surface area contributed by atoms with Crippen LogP contribution >= 0.6 is 0 Å². The lowest BCUT2D eigenvalue weighted by atomic mass is 9.91. The van der Waals surface area contributed by atoms with Gasteiger partial charge in [-0.25, -0.2) is 0 Å². The maximum Gasteiger partial charge on any atom is 0.122 e. The third kappa shape index (κ3) is 3.99. The van der Waals surface area contributed by atoms with Gasteiger partial charge < -0.3 is 14.5 Å². The van der Waals surface area contributed by atoms with E-state index in [1.165, 1.54) is 53.4 Å². The van der Waals surface area contributed by atoms with E-state index in [-0.39, 0.29) is 6.04 Å². The largest absolute Gasteiger partial charge is 0.497 e. The number of aromatic amines is 1. The molecule has 0 saturated carbocycles. The van der Waals surface area contributed by atoms with Crippen molar-refractivity contribution >= 4 is 10.9 Å². The number of H-pyrrole nitrogens is 1.